The van der Waals surface area contributed by atoms with E-state index in [1.54, 1.807) is 6.92 Å². The average molecular weight is 327 g/mol. The van der Waals surface area contributed by atoms with Gasteiger partial charge in [0.25, 0.3) is 0 Å². The number of hydrogen-bond acceptors (Lipinski definition) is 5. The molecule has 128 valence electrons. The minimum atomic E-state index is -0.492. The van der Waals surface area contributed by atoms with Gasteiger partial charge in [-0.3, -0.25) is 4.79 Å². The van der Waals surface area contributed by atoms with E-state index in [2.05, 4.69) is 27.3 Å². The molecule has 0 radical (unpaired) electrons. The third-order valence-corrected chi connectivity index (χ3v) is 4.86. The molecule has 0 aliphatic carbocycles. The zero-order valence-corrected chi connectivity index (χ0v) is 14.2. The minimum absolute atomic E-state index is 0.0910. The summed E-state index contributed by atoms with van der Waals surface area (Å²) in [6.07, 6.45) is 3.31. The van der Waals surface area contributed by atoms with Gasteiger partial charge in [-0.25, -0.2) is 0 Å². The van der Waals surface area contributed by atoms with Gasteiger partial charge >= 0.3 is 0 Å². The van der Waals surface area contributed by atoms with Crippen molar-refractivity contribution < 1.29 is 4.79 Å². The van der Waals surface area contributed by atoms with Crippen molar-refractivity contribution in [2.45, 2.75) is 38.3 Å². The zero-order chi connectivity index (χ0) is 17.1. The number of carbonyl (C=O) groups is 1. The molecule has 1 aromatic rings. The van der Waals surface area contributed by atoms with Crippen molar-refractivity contribution >= 4 is 17.3 Å². The number of nitrogens with zero attached hydrogens (tertiary/aromatic N) is 3. The monoisotopic (exact) mass is 327 g/mol. The minimum Gasteiger partial charge on any atom is -0.371 e. The molecule has 2 saturated heterocycles. The highest BCUT2D eigenvalue weighted by atomic mass is 16.2. The van der Waals surface area contributed by atoms with Crippen LogP contribution in [0.5, 0.6) is 0 Å². The largest absolute Gasteiger partial charge is 0.371 e. The molecule has 2 heterocycles. The van der Waals surface area contributed by atoms with Crippen molar-refractivity contribution in [1.29, 1.82) is 5.26 Å². The summed E-state index contributed by atoms with van der Waals surface area (Å²) < 4.78 is 0. The van der Waals surface area contributed by atoms with E-state index in [1.807, 2.05) is 12.1 Å². The Labute approximate surface area is 143 Å². The van der Waals surface area contributed by atoms with Crippen molar-refractivity contribution in [3.8, 4) is 6.07 Å². The van der Waals surface area contributed by atoms with Crippen LogP contribution in [-0.2, 0) is 4.79 Å². The molecule has 3 rings (SSSR count). The van der Waals surface area contributed by atoms with E-state index in [1.165, 1.54) is 12.8 Å². The Morgan fingerprint density at radius 2 is 2.08 bits per heavy atom. The molecule has 1 amide bonds. The van der Waals surface area contributed by atoms with Crippen LogP contribution in [0.4, 0.5) is 11.4 Å². The van der Waals surface area contributed by atoms with Gasteiger partial charge in [-0.1, -0.05) is 0 Å². The van der Waals surface area contributed by atoms with E-state index in [0.29, 0.717) is 5.56 Å². The topological polar surface area (TPSA) is 85.4 Å². The number of nitrogens with one attached hydrogen (secondary N) is 1. The second-order valence-corrected chi connectivity index (χ2v) is 6.74. The van der Waals surface area contributed by atoms with Gasteiger partial charge < -0.3 is 20.9 Å². The van der Waals surface area contributed by atoms with Crippen molar-refractivity contribution in [1.82, 2.24) is 5.32 Å². The fourth-order valence-corrected chi connectivity index (χ4v) is 3.49. The Bertz CT molecular complexity index is 645. The van der Waals surface area contributed by atoms with Gasteiger partial charge in [0.1, 0.15) is 6.07 Å². The molecule has 2 atom stereocenters. The molecule has 1 aromatic carbocycles. The highest BCUT2D eigenvalue weighted by molar-refractivity contribution is 5.81. The summed E-state index contributed by atoms with van der Waals surface area (Å²) in [5.41, 5.74) is 8.41. The Balaban J connectivity index is 1.71. The van der Waals surface area contributed by atoms with Crippen LogP contribution in [0.25, 0.3) is 0 Å². The predicted molar refractivity (Wildman–Crippen MR) is 95.0 cm³/mol. The van der Waals surface area contributed by atoms with Crippen LogP contribution in [0.3, 0.4) is 0 Å². The Morgan fingerprint density at radius 3 is 2.75 bits per heavy atom. The first kappa shape index (κ1) is 16.6. The molecule has 0 bridgehead atoms. The fraction of sp³-hybridized carbons (Fsp3) is 0.556. The Kier molecular flexibility index (Phi) is 4.91. The lowest BCUT2D eigenvalue weighted by Crippen LogP contribution is -2.44. The summed E-state index contributed by atoms with van der Waals surface area (Å²) >= 11 is 0. The second kappa shape index (κ2) is 7.10. The van der Waals surface area contributed by atoms with E-state index < -0.39 is 6.04 Å². The van der Waals surface area contributed by atoms with Gasteiger partial charge in [0.15, 0.2) is 0 Å². The van der Waals surface area contributed by atoms with Crippen LogP contribution >= 0.6 is 0 Å². The third kappa shape index (κ3) is 3.46. The average Bonchev–Trinajstić information content (AvgIpc) is 3.26. The lowest BCUT2D eigenvalue weighted by atomic mass is 10.1. The molecule has 0 spiro atoms. The fourth-order valence-electron chi connectivity index (χ4n) is 3.49. The first-order chi connectivity index (χ1) is 11.6. The van der Waals surface area contributed by atoms with Crippen LogP contribution in [0, 0.1) is 11.3 Å². The normalized spacial score (nSPS) is 21.6. The maximum Gasteiger partial charge on any atom is 0.236 e. The van der Waals surface area contributed by atoms with E-state index >= 15 is 0 Å². The lowest BCUT2D eigenvalue weighted by molar-refractivity contribution is -0.122. The quantitative estimate of drug-likeness (QED) is 0.868. The lowest BCUT2D eigenvalue weighted by Gasteiger charge is -2.23. The van der Waals surface area contributed by atoms with Crippen molar-refractivity contribution in [2.75, 3.05) is 36.0 Å². The van der Waals surface area contributed by atoms with Gasteiger partial charge in [-0.15, -0.1) is 0 Å². The Hall–Kier alpha value is -2.26. The molecule has 0 unspecified atom stereocenters. The van der Waals surface area contributed by atoms with Crippen LogP contribution in [0.15, 0.2) is 18.2 Å². The van der Waals surface area contributed by atoms with E-state index in [9.17, 15) is 10.1 Å². The summed E-state index contributed by atoms with van der Waals surface area (Å²) in [5.74, 6) is -0.119. The number of benzene rings is 1. The molecule has 24 heavy (non-hydrogen) atoms. The maximum atomic E-state index is 11.7. The highest BCUT2D eigenvalue weighted by Crippen LogP contribution is 2.29. The molecule has 0 aromatic heterocycles. The van der Waals surface area contributed by atoms with Gasteiger partial charge in [-0.2, -0.15) is 5.26 Å². The summed E-state index contributed by atoms with van der Waals surface area (Å²) in [6.45, 7) is 5.38. The smallest absolute Gasteiger partial charge is 0.236 e. The van der Waals surface area contributed by atoms with Gasteiger partial charge in [0.2, 0.25) is 5.91 Å². The molecular formula is C18H25N5O. The number of amides is 1. The predicted octanol–water partition coefficient (Wildman–Crippen LogP) is 1.20. The zero-order valence-electron chi connectivity index (χ0n) is 14.2. The van der Waals surface area contributed by atoms with Gasteiger partial charge in [0, 0.05) is 37.9 Å². The SMILES string of the molecule is C[C@H](N)C(=O)N[C@H]1CCN(c2ccc(N3CCCC3)cc2C#N)C1. The van der Waals surface area contributed by atoms with Gasteiger partial charge in [-0.05, 0) is 44.4 Å². The van der Waals surface area contributed by atoms with Crippen molar-refractivity contribution in [3.05, 3.63) is 23.8 Å². The standard InChI is InChI=1S/C18H25N5O/c1-13(20)18(24)21-15-6-9-23(12-15)17-5-4-16(10-14(17)11-19)22-7-2-3-8-22/h4-5,10,13,15H,2-3,6-9,12,20H2,1H3,(H,21,24)/t13-,15-/m0/s1. The van der Waals surface area contributed by atoms with Crippen LogP contribution in [0.1, 0.15) is 31.7 Å². The number of nitrogens with two attached hydrogens (primary N) is 1. The third-order valence-electron chi connectivity index (χ3n) is 4.86. The summed E-state index contributed by atoms with van der Waals surface area (Å²) in [5, 5.41) is 12.5. The summed E-state index contributed by atoms with van der Waals surface area (Å²) in [6, 6.07) is 8.08. The summed E-state index contributed by atoms with van der Waals surface area (Å²) in [4.78, 5) is 16.3. The molecule has 6 nitrogen and oxygen atoms in total. The maximum absolute atomic E-state index is 11.7. The van der Waals surface area contributed by atoms with Crippen molar-refractivity contribution in [3.63, 3.8) is 0 Å². The molecule has 0 saturated carbocycles. The first-order valence-corrected chi connectivity index (χ1v) is 8.68. The summed E-state index contributed by atoms with van der Waals surface area (Å²) in [7, 11) is 0. The molecule has 2 fully saturated rings. The number of anilines is 2. The Morgan fingerprint density at radius 1 is 1.33 bits per heavy atom. The molecular weight excluding hydrogens is 302 g/mol. The van der Waals surface area contributed by atoms with E-state index in [-0.39, 0.29) is 11.9 Å². The van der Waals surface area contributed by atoms with E-state index in [4.69, 9.17) is 5.73 Å². The first-order valence-electron chi connectivity index (χ1n) is 8.68. The number of hydrogen-bond donors (Lipinski definition) is 2. The number of nitriles is 1. The molecule has 3 N–H and O–H groups in total. The van der Waals surface area contributed by atoms with Gasteiger partial charge in [0.05, 0.1) is 17.3 Å². The van der Waals surface area contributed by atoms with Crippen molar-refractivity contribution in [2.24, 2.45) is 5.73 Å². The molecule has 6 heteroatoms. The highest BCUT2D eigenvalue weighted by Gasteiger charge is 2.26. The number of rotatable bonds is 4. The van der Waals surface area contributed by atoms with E-state index in [0.717, 1.165) is 44.0 Å². The van der Waals surface area contributed by atoms with Crippen LogP contribution < -0.4 is 20.9 Å². The second-order valence-electron chi connectivity index (χ2n) is 6.74. The number of carbonyl (C=O) groups excluding carboxylic acids is 1. The molecule has 2 aliphatic rings. The molecule has 2 aliphatic heterocycles. The van der Waals surface area contributed by atoms with Crippen LogP contribution in [0.2, 0.25) is 0 Å². The van der Waals surface area contributed by atoms with Crippen LogP contribution in [-0.4, -0.2) is 44.2 Å².